The second-order valence-electron chi connectivity index (χ2n) is 5.77. The second kappa shape index (κ2) is 5.70. The minimum absolute atomic E-state index is 0.148. The minimum Gasteiger partial charge on any atom is -0.375 e. The second-order valence-corrected chi connectivity index (χ2v) is 7.56. The molecule has 1 aliphatic rings. The van der Waals surface area contributed by atoms with Crippen LogP contribution in [0.15, 0.2) is 40.1 Å². The van der Waals surface area contributed by atoms with Crippen molar-refractivity contribution in [2.24, 2.45) is 5.92 Å². The molecule has 2 rings (SSSR count). The number of rotatable bonds is 4. The molecule has 20 heavy (non-hydrogen) atoms. The highest BCUT2D eigenvalue weighted by Gasteiger charge is 2.35. The van der Waals surface area contributed by atoms with Crippen molar-refractivity contribution in [3.63, 3.8) is 0 Å². The van der Waals surface area contributed by atoms with Gasteiger partial charge in [0.1, 0.15) is 0 Å². The lowest BCUT2D eigenvalue weighted by Crippen LogP contribution is -2.36. The van der Waals surface area contributed by atoms with Crippen molar-refractivity contribution < 1.29 is 13.2 Å². The van der Waals surface area contributed by atoms with Crippen LogP contribution < -0.4 is 0 Å². The van der Waals surface area contributed by atoms with E-state index >= 15 is 0 Å². The molecule has 0 spiro atoms. The van der Waals surface area contributed by atoms with E-state index in [1.54, 1.807) is 12.1 Å². The standard InChI is InChI=1S/C16H22O3S/c1-11(2)19-16-9-14(13(16)4)10-20(17,18)15-7-5-12(3)6-8-15/h5-8,10-11,13,16H,9H2,1-4H3/b14-10+/t13-,16-/m1/s1. The van der Waals surface area contributed by atoms with E-state index in [9.17, 15) is 8.42 Å². The lowest BCUT2D eigenvalue weighted by atomic mass is 9.78. The number of ether oxygens (including phenoxy) is 1. The number of aryl methyl sites for hydroxylation is 1. The fourth-order valence-corrected chi connectivity index (χ4v) is 3.70. The van der Waals surface area contributed by atoms with Crippen LogP contribution in [0, 0.1) is 12.8 Å². The Morgan fingerprint density at radius 1 is 1.25 bits per heavy atom. The Labute approximate surface area is 121 Å². The summed E-state index contributed by atoms with van der Waals surface area (Å²) in [4.78, 5) is 0.357. The van der Waals surface area contributed by atoms with E-state index in [2.05, 4.69) is 0 Å². The topological polar surface area (TPSA) is 43.4 Å². The summed E-state index contributed by atoms with van der Waals surface area (Å²) in [5.74, 6) is 0.178. The van der Waals surface area contributed by atoms with E-state index in [1.807, 2.05) is 39.8 Å². The molecule has 110 valence electrons. The molecule has 0 aliphatic heterocycles. The quantitative estimate of drug-likeness (QED) is 0.854. The smallest absolute Gasteiger partial charge is 0.199 e. The number of hydrogen-bond acceptors (Lipinski definition) is 3. The van der Waals surface area contributed by atoms with Crippen LogP contribution in [0.2, 0.25) is 0 Å². The molecule has 0 bridgehead atoms. The van der Waals surface area contributed by atoms with Crippen LogP contribution >= 0.6 is 0 Å². The Bertz CT molecular complexity index is 597. The third-order valence-corrected chi connectivity index (χ3v) is 5.22. The highest BCUT2D eigenvalue weighted by atomic mass is 32.2. The number of sulfone groups is 1. The first-order valence-corrected chi connectivity index (χ1v) is 8.52. The van der Waals surface area contributed by atoms with Gasteiger partial charge in [0, 0.05) is 11.3 Å². The van der Waals surface area contributed by atoms with Gasteiger partial charge in [-0.2, -0.15) is 0 Å². The predicted molar refractivity (Wildman–Crippen MR) is 80.2 cm³/mol. The molecule has 1 aliphatic carbocycles. The fourth-order valence-electron chi connectivity index (χ4n) is 2.34. The van der Waals surface area contributed by atoms with Crippen LogP contribution in [0.4, 0.5) is 0 Å². The van der Waals surface area contributed by atoms with Gasteiger partial charge in [-0.15, -0.1) is 0 Å². The highest BCUT2D eigenvalue weighted by Crippen LogP contribution is 2.37. The van der Waals surface area contributed by atoms with Crippen LogP contribution in [-0.2, 0) is 14.6 Å². The fraction of sp³-hybridized carbons (Fsp3) is 0.500. The van der Waals surface area contributed by atoms with Crippen LogP contribution in [-0.4, -0.2) is 20.6 Å². The van der Waals surface area contributed by atoms with E-state index in [1.165, 1.54) is 5.41 Å². The Balaban J connectivity index is 2.13. The number of hydrogen-bond donors (Lipinski definition) is 0. The van der Waals surface area contributed by atoms with E-state index in [4.69, 9.17) is 4.74 Å². The molecule has 1 saturated carbocycles. The zero-order valence-electron chi connectivity index (χ0n) is 12.5. The van der Waals surface area contributed by atoms with Crippen molar-refractivity contribution in [3.05, 3.63) is 40.8 Å². The molecule has 0 unspecified atom stereocenters. The van der Waals surface area contributed by atoms with Gasteiger partial charge in [-0.3, -0.25) is 0 Å². The highest BCUT2D eigenvalue weighted by molar-refractivity contribution is 7.94. The summed E-state index contributed by atoms with van der Waals surface area (Å²) >= 11 is 0. The van der Waals surface area contributed by atoms with Gasteiger partial charge in [-0.1, -0.05) is 30.2 Å². The third kappa shape index (κ3) is 3.30. The van der Waals surface area contributed by atoms with Gasteiger partial charge in [-0.05, 0) is 39.3 Å². The molecular weight excluding hydrogens is 272 g/mol. The molecule has 0 aromatic heterocycles. The summed E-state index contributed by atoms with van der Waals surface area (Å²) in [5.41, 5.74) is 2.01. The molecule has 1 aromatic carbocycles. The minimum atomic E-state index is -3.34. The molecule has 0 saturated heterocycles. The molecular formula is C16H22O3S. The summed E-state index contributed by atoms with van der Waals surface area (Å²) in [6, 6.07) is 6.96. The average molecular weight is 294 g/mol. The van der Waals surface area contributed by atoms with Gasteiger partial charge < -0.3 is 4.74 Å². The Kier molecular flexibility index (Phi) is 4.35. The number of benzene rings is 1. The maximum atomic E-state index is 12.3. The largest absolute Gasteiger partial charge is 0.375 e. The Morgan fingerprint density at radius 3 is 2.35 bits per heavy atom. The first-order chi connectivity index (χ1) is 9.29. The van der Waals surface area contributed by atoms with E-state index in [0.717, 1.165) is 11.1 Å². The predicted octanol–water partition coefficient (Wildman–Crippen LogP) is 3.49. The van der Waals surface area contributed by atoms with Crippen molar-refractivity contribution in [1.82, 2.24) is 0 Å². The monoisotopic (exact) mass is 294 g/mol. The lowest BCUT2D eigenvalue weighted by molar-refractivity contribution is -0.0416. The first-order valence-electron chi connectivity index (χ1n) is 6.97. The molecule has 0 amide bonds. The Hall–Kier alpha value is -1.13. The van der Waals surface area contributed by atoms with Crippen LogP contribution in [0.1, 0.15) is 32.8 Å². The van der Waals surface area contributed by atoms with Crippen LogP contribution in [0.25, 0.3) is 0 Å². The van der Waals surface area contributed by atoms with Gasteiger partial charge in [0.05, 0.1) is 17.1 Å². The summed E-state index contributed by atoms with van der Waals surface area (Å²) < 4.78 is 30.3. The zero-order valence-corrected chi connectivity index (χ0v) is 13.3. The normalized spacial score (nSPS) is 24.9. The van der Waals surface area contributed by atoms with Gasteiger partial charge in [0.2, 0.25) is 0 Å². The van der Waals surface area contributed by atoms with Gasteiger partial charge in [0.25, 0.3) is 0 Å². The maximum absolute atomic E-state index is 12.3. The first kappa shape index (κ1) is 15.3. The van der Waals surface area contributed by atoms with Crippen molar-refractivity contribution >= 4 is 9.84 Å². The van der Waals surface area contributed by atoms with Crippen LogP contribution in [0.3, 0.4) is 0 Å². The van der Waals surface area contributed by atoms with E-state index < -0.39 is 9.84 Å². The molecule has 4 heteroatoms. The molecule has 1 fully saturated rings. The summed E-state index contributed by atoms with van der Waals surface area (Å²) in [6.45, 7) is 7.96. The Morgan fingerprint density at radius 2 is 1.85 bits per heavy atom. The van der Waals surface area contributed by atoms with Crippen LogP contribution in [0.5, 0.6) is 0 Å². The van der Waals surface area contributed by atoms with Crippen molar-refractivity contribution in [2.75, 3.05) is 0 Å². The van der Waals surface area contributed by atoms with Crippen molar-refractivity contribution in [3.8, 4) is 0 Å². The maximum Gasteiger partial charge on any atom is 0.199 e. The summed E-state index contributed by atoms with van der Waals surface area (Å²) in [6.07, 6.45) is 1.04. The van der Waals surface area contributed by atoms with Gasteiger partial charge in [0.15, 0.2) is 9.84 Å². The van der Waals surface area contributed by atoms with Crippen molar-refractivity contribution in [2.45, 2.75) is 51.2 Å². The molecule has 2 atom stereocenters. The molecule has 0 radical (unpaired) electrons. The summed E-state index contributed by atoms with van der Waals surface area (Å²) in [7, 11) is -3.34. The van der Waals surface area contributed by atoms with Crippen molar-refractivity contribution in [1.29, 1.82) is 0 Å². The summed E-state index contributed by atoms with van der Waals surface area (Å²) in [5, 5.41) is 1.42. The average Bonchev–Trinajstić information content (AvgIpc) is 2.37. The zero-order chi connectivity index (χ0) is 14.9. The molecule has 3 nitrogen and oxygen atoms in total. The lowest BCUT2D eigenvalue weighted by Gasteiger charge is -2.38. The molecule has 0 heterocycles. The SMILES string of the molecule is Cc1ccc(S(=O)(=O)/C=C2\C[C@@H](OC(C)C)[C@@H]2C)cc1. The van der Waals surface area contributed by atoms with Gasteiger partial charge in [-0.25, -0.2) is 8.42 Å². The van der Waals surface area contributed by atoms with E-state index in [-0.39, 0.29) is 18.1 Å². The van der Waals surface area contributed by atoms with Gasteiger partial charge >= 0.3 is 0 Å². The molecule has 1 aromatic rings. The van der Waals surface area contributed by atoms with E-state index in [0.29, 0.717) is 11.3 Å². The molecule has 0 N–H and O–H groups in total. The third-order valence-electron chi connectivity index (χ3n) is 3.68.